The largest absolute Gasteiger partial charge is 0.481 e. The van der Waals surface area contributed by atoms with Crippen molar-refractivity contribution in [3.8, 4) is 0 Å². The average molecular weight is 169 g/mol. The van der Waals surface area contributed by atoms with E-state index in [0.29, 0.717) is 5.92 Å². The van der Waals surface area contributed by atoms with Gasteiger partial charge in [-0.2, -0.15) is 0 Å². The van der Waals surface area contributed by atoms with E-state index in [-0.39, 0.29) is 12.0 Å². The van der Waals surface area contributed by atoms with Crippen LogP contribution in [0.2, 0.25) is 0 Å². The predicted molar refractivity (Wildman–Crippen MR) is 44.9 cm³/mol. The highest BCUT2D eigenvalue weighted by Gasteiger charge is 2.40. The summed E-state index contributed by atoms with van der Waals surface area (Å²) < 4.78 is 0. The summed E-state index contributed by atoms with van der Waals surface area (Å²) in [5, 5.41) is 12.3. The average Bonchev–Trinajstić information content (AvgIpc) is 2.87. The molecule has 1 saturated carbocycles. The van der Waals surface area contributed by atoms with Gasteiger partial charge in [-0.05, 0) is 38.1 Å². The highest BCUT2D eigenvalue weighted by molar-refractivity contribution is 5.71. The highest BCUT2D eigenvalue weighted by Crippen LogP contribution is 2.38. The molecule has 1 saturated heterocycles. The zero-order chi connectivity index (χ0) is 8.55. The Balaban J connectivity index is 2.00. The normalized spacial score (nSPS) is 36.3. The molecule has 3 nitrogen and oxygen atoms in total. The molecule has 0 spiro atoms. The van der Waals surface area contributed by atoms with E-state index in [1.54, 1.807) is 0 Å². The number of piperidine rings is 1. The van der Waals surface area contributed by atoms with Crippen molar-refractivity contribution in [2.24, 2.45) is 11.8 Å². The number of rotatable bonds is 2. The zero-order valence-electron chi connectivity index (χ0n) is 7.12. The van der Waals surface area contributed by atoms with Crippen LogP contribution in [0.15, 0.2) is 0 Å². The van der Waals surface area contributed by atoms with Gasteiger partial charge < -0.3 is 10.4 Å². The van der Waals surface area contributed by atoms with Gasteiger partial charge in [-0.1, -0.05) is 0 Å². The Hall–Kier alpha value is -0.570. The van der Waals surface area contributed by atoms with E-state index in [0.717, 1.165) is 19.4 Å². The fourth-order valence-corrected chi connectivity index (χ4v) is 2.14. The van der Waals surface area contributed by atoms with E-state index in [4.69, 9.17) is 5.11 Å². The summed E-state index contributed by atoms with van der Waals surface area (Å²) in [6.07, 6.45) is 4.33. The van der Waals surface area contributed by atoms with Gasteiger partial charge in [0.2, 0.25) is 0 Å². The molecular weight excluding hydrogens is 154 g/mol. The number of carbonyl (C=O) groups is 1. The van der Waals surface area contributed by atoms with Crippen molar-refractivity contribution < 1.29 is 9.90 Å². The van der Waals surface area contributed by atoms with Crippen molar-refractivity contribution in [3.05, 3.63) is 0 Å². The molecule has 2 fully saturated rings. The maximum atomic E-state index is 10.9. The number of carboxylic acid groups (broad SMARTS) is 1. The molecule has 0 radical (unpaired) electrons. The fraction of sp³-hybridized carbons (Fsp3) is 0.889. The fourth-order valence-electron chi connectivity index (χ4n) is 2.14. The van der Waals surface area contributed by atoms with Crippen LogP contribution >= 0.6 is 0 Å². The minimum absolute atomic E-state index is 0.119. The molecule has 0 amide bonds. The predicted octanol–water partition coefficient (Wildman–Crippen LogP) is 0.849. The maximum Gasteiger partial charge on any atom is 0.308 e. The van der Waals surface area contributed by atoms with Gasteiger partial charge in [-0.25, -0.2) is 0 Å². The van der Waals surface area contributed by atoms with Crippen LogP contribution in [-0.4, -0.2) is 23.7 Å². The smallest absolute Gasteiger partial charge is 0.308 e. The summed E-state index contributed by atoms with van der Waals surface area (Å²) >= 11 is 0. The molecule has 12 heavy (non-hydrogen) atoms. The third-order valence-corrected chi connectivity index (χ3v) is 2.95. The summed E-state index contributed by atoms with van der Waals surface area (Å²) in [6, 6.07) is 0.274. The van der Waals surface area contributed by atoms with Crippen molar-refractivity contribution in [1.82, 2.24) is 5.32 Å². The second kappa shape index (κ2) is 3.05. The molecule has 2 aliphatic rings. The first-order valence-electron chi connectivity index (χ1n) is 4.75. The second-order valence-electron chi connectivity index (χ2n) is 3.90. The van der Waals surface area contributed by atoms with Gasteiger partial charge >= 0.3 is 5.97 Å². The molecule has 2 rings (SSSR count). The van der Waals surface area contributed by atoms with Crippen LogP contribution in [0, 0.1) is 11.8 Å². The lowest BCUT2D eigenvalue weighted by Crippen LogP contribution is -2.46. The number of carboxylic acids is 1. The third kappa shape index (κ3) is 1.46. The molecule has 3 heteroatoms. The van der Waals surface area contributed by atoms with E-state index in [2.05, 4.69) is 5.32 Å². The van der Waals surface area contributed by atoms with Crippen molar-refractivity contribution in [2.45, 2.75) is 31.7 Å². The molecule has 0 bridgehead atoms. The lowest BCUT2D eigenvalue weighted by atomic mass is 9.88. The number of hydrogen-bond acceptors (Lipinski definition) is 2. The van der Waals surface area contributed by atoms with Gasteiger partial charge in [-0.3, -0.25) is 4.79 Å². The first kappa shape index (κ1) is 8.05. The molecule has 1 aliphatic carbocycles. The number of hydrogen-bond donors (Lipinski definition) is 2. The second-order valence-corrected chi connectivity index (χ2v) is 3.90. The van der Waals surface area contributed by atoms with Crippen LogP contribution in [-0.2, 0) is 4.79 Å². The molecule has 2 N–H and O–H groups in total. The van der Waals surface area contributed by atoms with Crippen molar-refractivity contribution in [2.75, 3.05) is 6.54 Å². The minimum atomic E-state index is -0.612. The Morgan fingerprint density at radius 2 is 2.08 bits per heavy atom. The van der Waals surface area contributed by atoms with Gasteiger partial charge in [0.05, 0.1) is 5.92 Å². The molecule has 2 atom stereocenters. The molecule has 0 aromatic heterocycles. The van der Waals surface area contributed by atoms with E-state index < -0.39 is 5.97 Å². The highest BCUT2D eigenvalue weighted by atomic mass is 16.4. The topological polar surface area (TPSA) is 49.3 Å². The first-order chi connectivity index (χ1) is 5.79. The Labute approximate surface area is 72.2 Å². The maximum absolute atomic E-state index is 10.9. The molecular formula is C9H15NO2. The van der Waals surface area contributed by atoms with Crippen molar-refractivity contribution in [1.29, 1.82) is 0 Å². The first-order valence-corrected chi connectivity index (χ1v) is 4.75. The van der Waals surface area contributed by atoms with E-state index >= 15 is 0 Å². The van der Waals surface area contributed by atoms with Crippen LogP contribution < -0.4 is 5.32 Å². The quantitative estimate of drug-likeness (QED) is 0.644. The van der Waals surface area contributed by atoms with Crippen LogP contribution in [0.5, 0.6) is 0 Å². The molecule has 0 aromatic rings. The summed E-state index contributed by atoms with van der Waals surface area (Å²) in [5.41, 5.74) is 0. The summed E-state index contributed by atoms with van der Waals surface area (Å²) in [7, 11) is 0. The van der Waals surface area contributed by atoms with E-state index in [1.165, 1.54) is 12.8 Å². The number of nitrogens with one attached hydrogen (secondary N) is 1. The zero-order valence-corrected chi connectivity index (χ0v) is 7.12. The lowest BCUT2D eigenvalue weighted by molar-refractivity contribution is -0.143. The molecule has 0 unspecified atom stereocenters. The Bertz CT molecular complexity index is 189. The number of aliphatic carboxylic acids is 1. The Morgan fingerprint density at radius 3 is 2.67 bits per heavy atom. The van der Waals surface area contributed by atoms with Gasteiger partial charge in [0.1, 0.15) is 0 Å². The van der Waals surface area contributed by atoms with E-state index in [1.807, 2.05) is 0 Å². The van der Waals surface area contributed by atoms with Crippen molar-refractivity contribution in [3.63, 3.8) is 0 Å². The Morgan fingerprint density at radius 1 is 1.33 bits per heavy atom. The van der Waals surface area contributed by atoms with Crippen LogP contribution in [0.4, 0.5) is 0 Å². The molecule has 0 aromatic carbocycles. The van der Waals surface area contributed by atoms with Crippen LogP contribution in [0.1, 0.15) is 25.7 Å². The summed E-state index contributed by atoms with van der Waals surface area (Å²) in [6.45, 7) is 1.00. The third-order valence-electron chi connectivity index (χ3n) is 2.95. The van der Waals surface area contributed by atoms with Gasteiger partial charge in [0.25, 0.3) is 0 Å². The Kier molecular flexibility index (Phi) is 2.05. The van der Waals surface area contributed by atoms with Crippen LogP contribution in [0.3, 0.4) is 0 Å². The van der Waals surface area contributed by atoms with Crippen molar-refractivity contribution >= 4 is 5.97 Å². The lowest BCUT2D eigenvalue weighted by Gasteiger charge is -2.29. The van der Waals surface area contributed by atoms with Crippen LogP contribution in [0.25, 0.3) is 0 Å². The minimum Gasteiger partial charge on any atom is -0.481 e. The van der Waals surface area contributed by atoms with Gasteiger partial charge in [-0.15, -0.1) is 0 Å². The standard InChI is InChI=1S/C9H15NO2/c11-9(12)7-2-1-5-10-8(7)6-3-4-6/h6-8,10H,1-5H2,(H,11,12)/t7-,8-/m1/s1. The SMILES string of the molecule is O=C(O)[C@@H]1CCCN[C@@H]1C1CC1. The van der Waals surface area contributed by atoms with E-state index in [9.17, 15) is 4.79 Å². The van der Waals surface area contributed by atoms with Gasteiger partial charge in [0, 0.05) is 6.04 Å². The molecule has 1 aliphatic heterocycles. The molecule has 1 heterocycles. The monoisotopic (exact) mass is 169 g/mol. The molecule has 68 valence electrons. The summed E-state index contributed by atoms with van der Waals surface area (Å²) in [5.74, 6) is -0.0725. The summed E-state index contributed by atoms with van der Waals surface area (Å²) in [4.78, 5) is 10.9. The van der Waals surface area contributed by atoms with Gasteiger partial charge in [0.15, 0.2) is 0 Å².